The van der Waals surface area contributed by atoms with Crippen LogP contribution in [0, 0.1) is 0 Å². The van der Waals surface area contributed by atoms with E-state index in [1.54, 1.807) is 0 Å². The second kappa shape index (κ2) is 8.75. The van der Waals surface area contributed by atoms with Crippen LogP contribution in [-0.2, 0) is 0 Å². The van der Waals surface area contributed by atoms with Crippen molar-refractivity contribution in [3.8, 4) is 0 Å². The van der Waals surface area contributed by atoms with Crippen molar-refractivity contribution in [2.24, 2.45) is 4.99 Å². The van der Waals surface area contributed by atoms with E-state index in [0.717, 1.165) is 13.1 Å². The fourth-order valence-corrected chi connectivity index (χ4v) is 2.00. The summed E-state index contributed by atoms with van der Waals surface area (Å²) in [7, 11) is 0. The Morgan fingerprint density at radius 2 is 1.80 bits per heavy atom. The molecule has 0 saturated carbocycles. The summed E-state index contributed by atoms with van der Waals surface area (Å²) >= 11 is 0. The van der Waals surface area contributed by atoms with Crippen LogP contribution in [0.4, 0.5) is 0 Å². The standard InChI is InChI=1S/C13H26N2/c1-2-3-4-5-6-7-8-10-13-14-11-9-12-15-13/h2-12H2,1H3,(H,14,15). The van der Waals surface area contributed by atoms with Gasteiger partial charge in [0.1, 0.15) is 0 Å². The quantitative estimate of drug-likeness (QED) is 0.609. The van der Waals surface area contributed by atoms with Gasteiger partial charge in [-0.3, -0.25) is 4.99 Å². The molecule has 0 radical (unpaired) electrons. The lowest BCUT2D eigenvalue weighted by atomic mass is 10.1. The molecule has 0 spiro atoms. The summed E-state index contributed by atoms with van der Waals surface area (Å²) in [5.41, 5.74) is 0. The molecule has 2 heteroatoms. The largest absolute Gasteiger partial charge is 0.374 e. The average Bonchev–Trinajstić information content (AvgIpc) is 2.29. The van der Waals surface area contributed by atoms with Crippen LogP contribution in [0.2, 0.25) is 0 Å². The van der Waals surface area contributed by atoms with Crippen molar-refractivity contribution >= 4 is 5.84 Å². The second-order valence-electron chi connectivity index (χ2n) is 4.48. The predicted octanol–water partition coefficient (Wildman–Crippen LogP) is 3.52. The maximum absolute atomic E-state index is 4.48. The molecule has 0 aromatic rings. The fourth-order valence-electron chi connectivity index (χ4n) is 2.00. The van der Waals surface area contributed by atoms with Gasteiger partial charge in [-0.05, 0) is 12.8 Å². The number of nitrogens with one attached hydrogen (secondary N) is 1. The Morgan fingerprint density at radius 1 is 1.07 bits per heavy atom. The number of amidine groups is 1. The zero-order valence-electron chi connectivity index (χ0n) is 10.2. The summed E-state index contributed by atoms with van der Waals surface area (Å²) in [6.07, 6.45) is 12.1. The van der Waals surface area contributed by atoms with Crippen molar-refractivity contribution < 1.29 is 0 Å². The fraction of sp³-hybridized carbons (Fsp3) is 0.923. The van der Waals surface area contributed by atoms with E-state index in [0.29, 0.717) is 0 Å². The van der Waals surface area contributed by atoms with Crippen molar-refractivity contribution in [3.05, 3.63) is 0 Å². The highest BCUT2D eigenvalue weighted by Crippen LogP contribution is 2.09. The Morgan fingerprint density at radius 3 is 2.47 bits per heavy atom. The van der Waals surface area contributed by atoms with Gasteiger partial charge in [-0.1, -0.05) is 45.4 Å². The van der Waals surface area contributed by atoms with Crippen molar-refractivity contribution in [1.29, 1.82) is 0 Å². The van der Waals surface area contributed by atoms with E-state index in [1.807, 2.05) is 0 Å². The number of hydrogen-bond acceptors (Lipinski definition) is 2. The maximum Gasteiger partial charge on any atom is 0.0963 e. The summed E-state index contributed by atoms with van der Waals surface area (Å²) in [5, 5.41) is 3.38. The molecule has 0 fully saturated rings. The van der Waals surface area contributed by atoms with Gasteiger partial charge in [0.05, 0.1) is 5.84 Å². The molecule has 1 rings (SSSR count). The molecule has 0 saturated heterocycles. The molecule has 0 aromatic heterocycles. The molecular weight excluding hydrogens is 184 g/mol. The minimum atomic E-state index is 1.04. The summed E-state index contributed by atoms with van der Waals surface area (Å²) in [6, 6.07) is 0. The molecule has 0 aliphatic carbocycles. The van der Waals surface area contributed by atoms with E-state index in [9.17, 15) is 0 Å². The van der Waals surface area contributed by atoms with E-state index < -0.39 is 0 Å². The minimum absolute atomic E-state index is 1.04. The van der Waals surface area contributed by atoms with Crippen LogP contribution in [0.15, 0.2) is 4.99 Å². The molecular formula is C13H26N2. The van der Waals surface area contributed by atoms with Gasteiger partial charge in [0.25, 0.3) is 0 Å². The zero-order chi connectivity index (χ0) is 10.8. The second-order valence-corrected chi connectivity index (χ2v) is 4.48. The van der Waals surface area contributed by atoms with Gasteiger partial charge in [-0.25, -0.2) is 0 Å². The first kappa shape index (κ1) is 12.5. The van der Waals surface area contributed by atoms with Crippen LogP contribution >= 0.6 is 0 Å². The van der Waals surface area contributed by atoms with Crippen molar-refractivity contribution in [2.45, 2.75) is 64.7 Å². The van der Waals surface area contributed by atoms with Gasteiger partial charge in [0.2, 0.25) is 0 Å². The number of rotatable bonds is 8. The monoisotopic (exact) mass is 210 g/mol. The predicted molar refractivity (Wildman–Crippen MR) is 67.5 cm³/mol. The van der Waals surface area contributed by atoms with Gasteiger partial charge in [0, 0.05) is 19.5 Å². The number of aliphatic imine (C=N–C) groups is 1. The normalized spacial score (nSPS) is 15.9. The van der Waals surface area contributed by atoms with Crippen molar-refractivity contribution in [2.75, 3.05) is 13.1 Å². The van der Waals surface area contributed by atoms with Crippen LogP contribution < -0.4 is 5.32 Å². The Bertz CT molecular complexity index is 175. The molecule has 1 aliphatic heterocycles. The van der Waals surface area contributed by atoms with Gasteiger partial charge < -0.3 is 5.32 Å². The zero-order valence-corrected chi connectivity index (χ0v) is 10.2. The highest BCUT2D eigenvalue weighted by molar-refractivity contribution is 5.82. The lowest BCUT2D eigenvalue weighted by Gasteiger charge is -2.14. The van der Waals surface area contributed by atoms with E-state index >= 15 is 0 Å². The van der Waals surface area contributed by atoms with Crippen LogP contribution in [-0.4, -0.2) is 18.9 Å². The third-order valence-corrected chi connectivity index (χ3v) is 2.98. The van der Waals surface area contributed by atoms with Gasteiger partial charge >= 0.3 is 0 Å². The SMILES string of the molecule is CCCCCCCCCC1=NCCCN1. The molecule has 0 aromatic carbocycles. The summed E-state index contributed by atoms with van der Waals surface area (Å²) in [6.45, 7) is 4.45. The Balaban J connectivity index is 1.86. The number of nitrogens with zero attached hydrogens (tertiary/aromatic N) is 1. The molecule has 1 heterocycles. The van der Waals surface area contributed by atoms with Crippen molar-refractivity contribution in [3.63, 3.8) is 0 Å². The molecule has 0 unspecified atom stereocenters. The summed E-state index contributed by atoms with van der Waals surface area (Å²) < 4.78 is 0. The molecule has 2 nitrogen and oxygen atoms in total. The first-order chi connectivity index (χ1) is 7.43. The first-order valence-corrected chi connectivity index (χ1v) is 6.70. The smallest absolute Gasteiger partial charge is 0.0963 e. The molecule has 0 amide bonds. The summed E-state index contributed by atoms with van der Waals surface area (Å²) in [4.78, 5) is 4.48. The summed E-state index contributed by atoms with van der Waals surface area (Å²) in [5.74, 6) is 1.26. The molecule has 88 valence electrons. The topological polar surface area (TPSA) is 24.4 Å². The van der Waals surface area contributed by atoms with Gasteiger partial charge in [-0.2, -0.15) is 0 Å². The van der Waals surface area contributed by atoms with Crippen LogP contribution in [0.5, 0.6) is 0 Å². The first-order valence-electron chi connectivity index (χ1n) is 6.70. The van der Waals surface area contributed by atoms with Crippen LogP contribution in [0.25, 0.3) is 0 Å². The molecule has 1 N–H and O–H groups in total. The minimum Gasteiger partial charge on any atom is -0.374 e. The molecule has 0 atom stereocenters. The molecule has 1 aliphatic rings. The average molecular weight is 210 g/mol. The molecule has 0 bridgehead atoms. The number of unbranched alkanes of at least 4 members (excludes halogenated alkanes) is 6. The molecule has 15 heavy (non-hydrogen) atoms. The Labute approximate surface area is 94.6 Å². The van der Waals surface area contributed by atoms with E-state index in [-0.39, 0.29) is 0 Å². The maximum atomic E-state index is 4.48. The highest BCUT2D eigenvalue weighted by atomic mass is 15.0. The van der Waals surface area contributed by atoms with Crippen molar-refractivity contribution in [1.82, 2.24) is 5.32 Å². The van der Waals surface area contributed by atoms with Gasteiger partial charge in [-0.15, -0.1) is 0 Å². The Hall–Kier alpha value is -0.530. The highest BCUT2D eigenvalue weighted by Gasteiger charge is 2.02. The number of hydrogen-bond donors (Lipinski definition) is 1. The lowest BCUT2D eigenvalue weighted by molar-refractivity contribution is 0.591. The Kier molecular flexibility index (Phi) is 7.32. The van der Waals surface area contributed by atoms with E-state index in [2.05, 4.69) is 17.2 Å². The van der Waals surface area contributed by atoms with Crippen LogP contribution in [0.3, 0.4) is 0 Å². The lowest BCUT2D eigenvalue weighted by Crippen LogP contribution is -2.29. The van der Waals surface area contributed by atoms with Crippen LogP contribution in [0.1, 0.15) is 64.7 Å². The third-order valence-electron chi connectivity index (χ3n) is 2.98. The van der Waals surface area contributed by atoms with Gasteiger partial charge in [0.15, 0.2) is 0 Å². The van der Waals surface area contributed by atoms with E-state index in [1.165, 1.54) is 63.6 Å². The van der Waals surface area contributed by atoms with E-state index in [4.69, 9.17) is 0 Å². The third kappa shape index (κ3) is 6.53.